The van der Waals surface area contributed by atoms with Gasteiger partial charge in [0.05, 0.1) is 15.5 Å². The van der Waals surface area contributed by atoms with Crippen LogP contribution in [0.25, 0.3) is 0 Å². The van der Waals surface area contributed by atoms with Crippen molar-refractivity contribution in [2.24, 2.45) is 5.92 Å². The van der Waals surface area contributed by atoms with Gasteiger partial charge in [-0.05, 0) is 30.2 Å². The molecular weight excluding hydrogens is 474 g/mol. The summed E-state index contributed by atoms with van der Waals surface area (Å²) in [5, 5.41) is 0. The lowest BCUT2D eigenvalue weighted by atomic mass is 10.0. The molecule has 2 aromatic rings. The monoisotopic (exact) mass is 495 g/mol. The van der Waals surface area contributed by atoms with E-state index in [9.17, 15) is 22.8 Å². The van der Waals surface area contributed by atoms with Crippen LogP contribution < -0.4 is 0 Å². The molecule has 2 aliphatic rings. The van der Waals surface area contributed by atoms with Crippen molar-refractivity contribution in [2.75, 3.05) is 26.2 Å². The van der Waals surface area contributed by atoms with Gasteiger partial charge in [-0.15, -0.1) is 11.3 Å². The van der Waals surface area contributed by atoms with Crippen LogP contribution in [0.4, 0.5) is 0 Å². The lowest BCUT2D eigenvalue weighted by Gasteiger charge is -2.38. The number of piperazine rings is 1. The predicted molar refractivity (Wildman–Crippen MR) is 120 cm³/mol. The molecule has 4 rings (SSSR count). The zero-order valence-electron chi connectivity index (χ0n) is 17.5. The highest BCUT2D eigenvalue weighted by Gasteiger charge is 2.45. The van der Waals surface area contributed by atoms with E-state index < -0.39 is 27.9 Å². The van der Waals surface area contributed by atoms with Crippen LogP contribution in [0.3, 0.4) is 0 Å². The predicted octanol–water partition coefficient (Wildman–Crippen LogP) is 2.56. The van der Waals surface area contributed by atoms with Crippen molar-refractivity contribution in [2.45, 2.75) is 24.1 Å². The summed E-state index contributed by atoms with van der Waals surface area (Å²) in [6, 6.07) is 8.57. The van der Waals surface area contributed by atoms with Gasteiger partial charge < -0.3 is 4.90 Å². The minimum Gasteiger partial charge on any atom is -0.338 e. The van der Waals surface area contributed by atoms with Crippen molar-refractivity contribution in [3.05, 3.63) is 51.9 Å². The first-order valence-corrected chi connectivity index (χ1v) is 12.8. The molecule has 32 heavy (non-hydrogen) atoms. The summed E-state index contributed by atoms with van der Waals surface area (Å²) in [5.74, 6) is -1.62. The quantitative estimate of drug-likeness (QED) is 0.594. The van der Waals surface area contributed by atoms with E-state index in [2.05, 4.69) is 0 Å². The van der Waals surface area contributed by atoms with Gasteiger partial charge >= 0.3 is 0 Å². The van der Waals surface area contributed by atoms with Gasteiger partial charge in [0.15, 0.2) is 0 Å². The molecule has 0 aliphatic carbocycles. The summed E-state index contributed by atoms with van der Waals surface area (Å²) in [6.07, 6.45) is 0. The van der Waals surface area contributed by atoms with E-state index in [1.807, 2.05) is 0 Å². The number of fused-ring (bicyclic) bond motifs is 1. The molecule has 0 bridgehead atoms. The van der Waals surface area contributed by atoms with Crippen LogP contribution >= 0.6 is 22.9 Å². The van der Waals surface area contributed by atoms with E-state index in [4.69, 9.17) is 11.6 Å². The summed E-state index contributed by atoms with van der Waals surface area (Å²) in [5.41, 5.74) is 0.586. The largest absolute Gasteiger partial charge is 0.338 e. The molecule has 1 atom stereocenters. The number of hydrogen-bond donors (Lipinski definition) is 0. The van der Waals surface area contributed by atoms with Gasteiger partial charge in [0.2, 0.25) is 5.91 Å². The Kier molecular flexibility index (Phi) is 6.15. The summed E-state index contributed by atoms with van der Waals surface area (Å²) in [6.45, 7) is 4.15. The molecule has 1 aromatic carbocycles. The smallest absolute Gasteiger partial charge is 0.262 e. The van der Waals surface area contributed by atoms with E-state index in [1.54, 1.807) is 38.1 Å². The summed E-state index contributed by atoms with van der Waals surface area (Å²) in [4.78, 5) is 41.8. The fourth-order valence-corrected chi connectivity index (χ4v) is 7.11. The third-order valence-corrected chi connectivity index (χ3v) is 9.28. The number of carbonyl (C=O) groups is 3. The molecule has 170 valence electrons. The van der Waals surface area contributed by atoms with Crippen LogP contribution in [0, 0.1) is 5.92 Å². The number of imide groups is 1. The third-order valence-electron chi connectivity index (χ3n) is 5.68. The molecule has 1 saturated heterocycles. The normalized spacial score (nSPS) is 18.4. The fourth-order valence-electron chi connectivity index (χ4n) is 4.05. The number of amides is 3. The topological polar surface area (TPSA) is 95.1 Å². The van der Waals surface area contributed by atoms with Crippen LogP contribution in [0.15, 0.2) is 40.6 Å². The second kappa shape index (κ2) is 8.58. The Hall–Kier alpha value is -2.27. The average molecular weight is 496 g/mol. The Bertz CT molecular complexity index is 1150. The van der Waals surface area contributed by atoms with E-state index in [0.717, 1.165) is 16.2 Å². The Morgan fingerprint density at radius 1 is 0.969 bits per heavy atom. The molecule has 0 radical (unpaired) electrons. The highest BCUT2D eigenvalue weighted by molar-refractivity contribution is 7.91. The Morgan fingerprint density at radius 3 is 2.00 bits per heavy atom. The van der Waals surface area contributed by atoms with Crippen molar-refractivity contribution in [3.8, 4) is 0 Å². The van der Waals surface area contributed by atoms with Crippen molar-refractivity contribution >= 4 is 50.7 Å². The number of carbonyl (C=O) groups excluding carboxylic acids is 3. The van der Waals surface area contributed by atoms with Crippen LogP contribution in [-0.4, -0.2) is 72.5 Å². The van der Waals surface area contributed by atoms with Gasteiger partial charge in [-0.25, -0.2) is 8.42 Å². The number of benzene rings is 1. The first kappa shape index (κ1) is 22.9. The molecule has 0 N–H and O–H groups in total. The van der Waals surface area contributed by atoms with Gasteiger partial charge in [-0.1, -0.05) is 37.6 Å². The minimum atomic E-state index is -3.69. The van der Waals surface area contributed by atoms with Crippen LogP contribution in [0.5, 0.6) is 0 Å². The highest BCUT2D eigenvalue weighted by Crippen LogP contribution is 2.30. The second-order valence-electron chi connectivity index (χ2n) is 8.00. The molecule has 2 aliphatic heterocycles. The maximum atomic E-state index is 13.4. The maximum Gasteiger partial charge on any atom is 0.262 e. The van der Waals surface area contributed by atoms with E-state index in [1.165, 1.54) is 21.3 Å². The molecule has 1 aromatic heterocycles. The number of hydrogen-bond acceptors (Lipinski definition) is 6. The molecular formula is C21H22ClN3O5S2. The average Bonchev–Trinajstić information content (AvgIpc) is 3.32. The number of thiophene rings is 1. The van der Waals surface area contributed by atoms with Crippen LogP contribution in [0.2, 0.25) is 4.34 Å². The van der Waals surface area contributed by atoms with Crippen molar-refractivity contribution in [1.82, 2.24) is 14.1 Å². The zero-order valence-corrected chi connectivity index (χ0v) is 19.9. The van der Waals surface area contributed by atoms with Gasteiger partial charge in [0.25, 0.3) is 21.8 Å². The third kappa shape index (κ3) is 3.85. The molecule has 0 saturated carbocycles. The van der Waals surface area contributed by atoms with Crippen LogP contribution in [0.1, 0.15) is 34.6 Å². The number of nitrogens with zero attached hydrogens (tertiary/aromatic N) is 3. The summed E-state index contributed by atoms with van der Waals surface area (Å²) < 4.78 is 27.5. The zero-order chi connectivity index (χ0) is 23.2. The second-order valence-corrected chi connectivity index (χ2v) is 11.9. The molecule has 3 amide bonds. The lowest BCUT2D eigenvalue weighted by molar-refractivity contribution is -0.138. The Labute approximate surface area is 195 Å². The minimum absolute atomic E-state index is 0.122. The highest BCUT2D eigenvalue weighted by atomic mass is 35.5. The number of sulfonamides is 1. The maximum absolute atomic E-state index is 13.4. The first-order valence-electron chi connectivity index (χ1n) is 10.1. The molecule has 3 heterocycles. The van der Waals surface area contributed by atoms with E-state index >= 15 is 0 Å². The first-order chi connectivity index (χ1) is 15.1. The molecule has 1 unspecified atom stereocenters. The summed E-state index contributed by atoms with van der Waals surface area (Å²) >= 11 is 6.87. The summed E-state index contributed by atoms with van der Waals surface area (Å²) in [7, 11) is -3.69. The number of rotatable bonds is 5. The lowest BCUT2D eigenvalue weighted by Crippen LogP contribution is -2.58. The number of halogens is 1. The Balaban J connectivity index is 1.50. The SMILES string of the molecule is CC(C)C(C(=O)N1CCN(S(=O)(=O)c2ccc(Cl)s2)CC1)N1C(=O)c2ccccc2C1=O. The van der Waals surface area contributed by atoms with Crippen molar-refractivity contribution < 1.29 is 22.8 Å². The molecule has 0 spiro atoms. The van der Waals surface area contributed by atoms with E-state index in [-0.39, 0.29) is 42.2 Å². The van der Waals surface area contributed by atoms with Gasteiger partial charge in [0, 0.05) is 26.2 Å². The van der Waals surface area contributed by atoms with Crippen molar-refractivity contribution in [3.63, 3.8) is 0 Å². The van der Waals surface area contributed by atoms with Crippen LogP contribution in [-0.2, 0) is 14.8 Å². The Morgan fingerprint density at radius 2 is 1.53 bits per heavy atom. The van der Waals surface area contributed by atoms with Crippen molar-refractivity contribution in [1.29, 1.82) is 0 Å². The molecule has 11 heteroatoms. The fraction of sp³-hybridized carbons (Fsp3) is 0.381. The molecule has 1 fully saturated rings. The van der Waals surface area contributed by atoms with Gasteiger partial charge in [0.1, 0.15) is 10.3 Å². The van der Waals surface area contributed by atoms with Gasteiger partial charge in [-0.2, -0.15) is 4.31 Å². The van der Waals surface area contributed by atoms with Gasteiger partial charge in [-0.3, -0.25) is 19.3 Å². The van der Waals surface area contributed by atoms with E-state index in [0.29, 0.717) is 15.5 Å². The molecule has 8 nitrogen and oxygen atoms in total. The standard InChI is InChI=1S/C21H22ClN3O5S2/c1-13(2)18(25-19(26)14-5-3-4-6-15(14)20(25)27)21(28)23-9-11-24(12-10-23)32(29,30)17-8-7-16(22)31-17/h3-8,13,18H,9-12H2,1-2H3.